The summed E-state index contributed by atoms with van der Waals surface area (Å²) in [6, 6.07) is 5.31. The molecule has 0 saturated carbocycles. The predicted molar refractivity (Wildman–Crippen MR) is 120 cm³/mol. The summed E-state index contributed by atoms with van der Waals surface area (Å²) in [5.41, 5.74) is 0. The summed E-state index contributed by atoms with van der Waals surface area (Å²) in [6.07, 6.45) is 4.23. The van der Waals surface area contributed by atoms with Gasteiger partial charge in [0.2, 0.25) is 0 Å². The molecule has 0 atom stereocenters. The number of nitrogens with one attached hydrogen (secondary N) is 1. The van der Waals surface area contributed by atoms with Gasteiger partial charge in [0.1, 0.15) is 5.75 Å². The third kappa shape index (κ3) is 9.43. The van der Waals surface area contributed by atoms with Gasteiger partial charge in [-0.1, -0.05) is 23.2 Å². The van der Waals surface area contributed by atoms with E-state index >= 15 is 0 Å². The number of methoxy groups -OCH3 is 1. The molecule has 164 valence electrons. The van der Waals surface area contributed by atoms with Crippen LogP contribution >= 0.6 is 23.2 Å². The maximum absolute atomic E-state index is 6.03. The van der Waals surface area contributed by atoms with E-state index < -0.39 is 0 Å². The van der Waals surface area contributed by atoms with Gasteiger partial charge in [-0.05, 0) is 49.8 Å². The summed E-state index contributed by atoms with van der Waals surface area (Å²) >= 11 is 12.1. The van der Waals surface area contributed by atoms with Crippen molar-refractivity contribution < 1.29 is 14.2 Å². The van der Waals surface area contributed by atoms with E-state index in [-0.39, 0.29) is 0 Å². The first-order valence-corrected chi connectivity index (χ1v) is 11.0. The number of nitrogens with zero attached hydrogens (tertiary/aromatic N) is 2. The summed E-state index contributed by atoms with van der Waals surface area (Å²) < 4.78 is 16.3. The number of rotatable bonds is 11. The van der Waals surface area contributed by atoms with Gasteiger partial charge in [0.25, 0.3) is 0 Å². The largest absolute Gasteiger partial charge is 0.493 e. The smallest absolute Gasteiger partial charge is 0.193 e. The van der Waals surface area contributed by atoms with E-state index in [1.807, 2.05) is 7.05 Å². The molecule has 8 heteroatoms. The molecule has 0 aliphatic carbocycles. The van der Waals surface area contributed by atoms with E-state index in [9.17, 15) is 0 Å². The van der Waals surface area contributed by atoms with Crippen LogP contribution in [0, 0.1) is 5.92 Å². The molecule has 0 bridgehead atoms. The summed E-state index contributed by atoms with van der Waals surface area (Å²) in [6.45, 7) is 5.62. The maximum atomic E-state index is 6.03. The van der Waals surface area contributed by atoms with Crippen molar-refractivity contribution in [2.24, 2.45) is 10.9 Å². The number of guanidine groups is 1. The van der Waals surface area contributed by atoms with Crippen LogP contribution in [0.25, 0.3) is 0 Å². The fraction of sp³-hybridized carbons (Fsp3) is 0.667. The van der Waals surface area contributed by atoms with Crippen molar-refractivity contribution in [1.82, 2.24) is 10.2 Å². The molecule has 1 aromatic carbocycles. The standard InChI is InChI=1S/C21H33Cl2N3O3/c1-24-21(25-7-3-4-10-28-12-11-27-2)26-8-5-17(6-9-26)16-29-20-14-18(22)13-19(23)15-20/h13-15,17H,3-12,16H2,1-2H3,(H,24,25). The predicted octanol–water partition coefficient (Wildman–Crippen LogP) is 4.10. The number of aliphatic imine (C=N–C) groups is 1. The van der Waals surface area contributed by atoms with Crippen LogP contribution in [0.1, 0.15) is 25.7 Å². The molecule has 1 aromatic rings. The van der Waals surface area contributed by atoms with Gasteiger partial charge in [0.15, 0.2) is 5.96 Å². The molecule has 1 fully saturated rings. The highest BCUT2D eigenvalue weighted by Gasteiger charge is 2.22. The number of hydrogen-bond donors (Lipinski definition) is 1. The van der Waals surface area contributed by atoms with E-state index in [2.05, 4.69) is 15.2 Å². The highest BCUT2D eigenvalue weighted by atomic mass is 35.5. The van der Waals surface area contributed by atoms with Crippen LogP contribution < -0.4 is 10.1 Å². The topological polar surface area (TPSA) is 55.3 Å². The van der Waals surface area contributed by atoms with Gasteiger partial charge in [0, 0.05) is 50.4 Å². The van der Waals surface area contributed by atoms with Gasteiger partial charge in [-0.25, -0.2) is 0 Å². The van der Waals surface area contributed by atoms with E-state index in [0.29, 0.717) is 35.8 Å². The molecule has 29 heavy (non-hydrogen) atoms. The third-order valence-electron chi connectivity index (χ3n) is 4.88. The number of benzene rings is 1. The number of halogens is 2. The molecular formula is C21H33Cl2N3O3. The Morgan fingerprint density at radius 1 is 1.10 bits per heavy atom. The van der Waals surface area contributed by atoms with Gasteiger partial charge in [0.05, 0.1) is 19.8 Å². The van der Waals surface area contributed by atoms with Gasteiger partial charge >= 0.3 is 0 Å². The normalized spacial score (nSPS) is 15.6. The van der Waals surface area contributed by atoms with Crippen molar-refractivity contribution in [3.05, 3.63) is 28.2 Å². The van der Waals surface area contributed by atoms with Crippen molar-refractivity contribution in [3.63, 3.8) is 0 Å². The van der Waals surface area contributed by atoms with Crippen LogP contribution in [0.2, 0.25) is 10.0 Å². The number of hydrogen-bond acceptors (Lipinski definition) is 4. The SMILES string of the molecule is CN=C(NCCCCOCCOC)N1CCC(COc2cc(Cl)cc(Cl)c2)CC1. The first-order chi connectivity index (χ1) is 14.1. The zero-order chi connectivity index (χ0) is 20.9. The first-order valence-electron chi connectivity index (χ1n) is 10.2. The van der Waals surface area contributed by atoms with Crippen LogP contribution in [0.3, 0.4) is 0 Å². The van der Waals surface area contributed by atoms with Crippen molar-refractivity contribution >= 4 is 29.2 Å². The number of likely N-dealkylation sites (tertiary alicyclic amines) is 1. The van der Waals surface area contributed by atoms with E-state index in [4.69, 9.17) is 37.4 Å². The summed E-state index contributed by atoms with van der Waals surface area (Å²) in [7, 11) is 3.53. The molecule has 0 spiro atoms. The molecule has 0 unspecified atom stereocenters. The Bertz CT molecular complexity index is 603. The first kappa shape index (κ1) is 24.1. The molecule has 0 radical (unpaired) electrons. The van der Waals surface area contributed by atoms with Crippen LogP contribution in [0.15, 0.2) is 23.2 Å². The van der Waals surface area contributed by atoms with Crippen LogP contribution in [-0.2, 0) is 9.47 Å². The average molecular weight is 446 g/mol. The third-order valence-corrected chi connectivity index (χ3v) is 5.31. The molecule has 6 nitrogen and oxygen atoms in total. The molecule has 0 amide bonds. The Kier molecular flexibility index (Phi) is 11.5. The summed E-state index contributed by atoms with van der Waals surface area (Å²) in [5, 5.41) is 4.65. The molecule has 2 rings (SSSR count). The van der Waals surface area contributed by atoms with Crippen LogP contribution in [-0.4, -0.2) is 71.1 Å². The summed E-state index contributed by atoms with van der Waals surface area (Å²) in [5.74, 6) is 2.23. The monoisotopic (exact) mass is 445 g/mol. The Morgan fingerprint density at radius 3 is 2.48 bits per heavy atom. The molecule has 0 aromatic heterocycles. The Morgan fingerprint density at radius 2 is 1.83 bits per heavy atom. The minimum atomic E-state index is 0.520. The maximum Gasteiger partial charge on any atom is 0.193 e. The van der Waals surface area contributed by atoms with Gasteiger partial charge in [-0.3, -0.25) is 4.99 Å². The fourth-order valence-electron chi connectivity index (χ4n) is 3.24. The number of unbranched alkanes of at least 4 members (excludes halogenated alkanes) is 1. The molecule has 1 saturated heterocycles. The summed E-state index contributed by atoms with van der Waals surface area (Å²) in [4.78, 5) is 6.75. The lowest BCUT2D eigenvalue weighted by Gasteiger charge is -2.34. The second-order valence-corrected chi connectivity index (χ2v) is 8.01. The van der Waals surface area contributed by atoms with E-state index in [1.54, 1.807) is 25.3 Å². The molecule has 1 aliphatic rings. The van der Waals surface area contributed by atoms with Crippen LogP contribution in [0.4, 0.5) is 0 Å². The zero-order valence-corrected chi connectivity index (χ0v) is 19.0. The highest BCUT2D eigenvalue weighted by Crippen LogP contribution is 2.26. The average Bonchev–Trinajstić information content (AvgIpc) is 2.71. The van der Waals surface area contributed by atoms with Gasteiger partial charge < -0.3 is 24.4 Å². The number of piperidine rings is 1. The van der Waals surface area contributed by atoms with Crippen molar-refractivity contribution in [1.29, 1.82) is 0 Å². The van der Waals surface area contributed by atoms with Crippen molar-refractivity contribution in [2.45, 2.75) is 25.7 Å². The van der Waals surface area contributed by atoms with E-state index in [1.165, 1.54) is 0 Å². The lowest BCUT2D eigenvalue weighted by Crippen LogP contribution is -2.46. The Hall–Kier alpha value is -1.21. The van der Waals surface area contributed by atoms with Gasteiger partial charge in [-0.15, -0.1) is 0 Å². The van der Waals surface area contributed by atoms with Gasteiger partial charge in [-0.2, -0.15) is 0 Å². The molecule has 1 heterocycles. The fourth-order valence-corrected chi connectivity index (χ4v) is 3.75. The molecule has 1 N–H and O–H groups in total. The Balaban J connectivity index is 1.61. The van der Waals surface area contributed by atoms with Crippen LogP contribution in [0.5, 0.6) is 5.75 Å². The van der Waals surface area contributed by atoms with E-state index in [0.717, 1.165) is 63.6 Å². The number of ether oxygens (including phenoxy) is 3. The minimum Gasteiger partial charge on any atom is -0.493 e. The zero-order valence-electron chi connectivity index (χ0n) is 17.5. The second-order valence-electron chi connectivity index (χ2n) is 7.13. The lowest BCUT2D eigenvalue weighted by atomic mass is 9.98. The highest BCUT2D eigenvalue weighted by molar-refractivity contribution is 6.34. The lowest BCUT2D eigenvalue weighted by molar-refractivity contribution is 0.0689. The Labute approximate surface area is 184 Å². The second kappa shape index (κ2) is 13.9. The van der Waals surface area contributed by atoms with Crippen molar-refractivity contribution in [3.8, 4) is 5.75 Å². The van der Waals surface area contributed by atoms with Crippen molar-refractivity contribution in [2.75, 3.05) is 60.2 Å². The molecule has 1 aliphatic heterocycles. The minimum absolute atomic E-state index is 0.520. The quantitative estimate of drug-likeness (QED) is 0.315. The molecular weight excluding hydrogens is 413 g/mol.